The van der Waals surface area contributed by atoms with Gasteiger partial charge < -0.3 is 25.2 Å². The molecule has 0 aromatic heterocycles. The van der Waals surface area contributed by atoms with Gasteiger partial charge in [-0.3, -0.25) is 0 Å². The highest BCUT2D eigenvalue weighted by atomic mass is 16.5. The van der Waals surface area contributed by atoms with Crippen LogP contribution in [-0.2, 0) is 0 Å². The van der Waals surface area contributed by atoms with E-state index in [1.807, 2.05) is 0 Å². The van der Waals surface area contributed by atoms with Gasteiger partial charge in [0.05, 0.1) is 0 Å². The zero-order chi connectivity index (χ0) is 14.3. The first-order valence-corrected chi connectivity index (χ1v) is 6.21. The Bertz CT molecular complexity index is 623. The second kappa shape index (κ2) is 4.70. The van der Waals surface area contributed by atoms with E-state index in [4.69, 9.17) is 4.74 Å². The topological polar surface area (TPSA) is 90.2 Å². The van der Waals surface area contributed by atoms with E-state index in [2.05, 4.69) is 0 Å². The summed E-state index contributed by atoms with van der Waals surface area (Å²) in [7, 11) is 0. The molecule has 1 heterocycles. The molecule has 0 aliphatic carbocycles. The number of phenolic OH excluding ortho intramolecular Hbond substituents is 2. The molecule has 104 valence electrons. The number of phenols is 2. The number of aliphatic hydroxyl groups excluding tert-OH is 2. The first-order chi connectivity index (χ1) is 9.56. The number of hydrogen-bond donors (Lipinski definition) is 4. The fourth-order valence-corrected chi connectivity index (χ4v) is 2.35. The molecule has 0 fully saturated rings. The highest BCUT2D eigenvalue weighted by Gasteiger charge is 2.37. The van der Waals surface area contributed by atoms with E-state index in [0.717, 1.165) is 0 Å². The molecule has 1 aliphatic heterocycles. The Kier molecular flexibility index (Phi) is 3.00. The number of rotatable bonds is 1. The van der Waals surface area contributed by atoms with Crippen LogP contribution in [0.4, 0.5) is 0 Å². The first kappa shape index (κ1) is 12.8. The van der Waals surface area contributed by atoms with Crippen LogP contribution >= 0.6 is 0 Å². The van der Waals surface area contributed by atoms with Crippen molar-refractivity contribution in [2.75, 3.05) is 0 Å². The van der Waals surface area contributed by atoms with Crippen LogP contribution in [0.2, 0.25) is 0 Å². The summed E-state index contributed by atoms with van der Waals surface area (Å²) in [5, 5.41) is 39.1. The molecule has 3 rings (SSSR count). The highest BCUT2D eigenvalue weighted by Crippen LogP contribution is 2.42. The van der Waals surface area contributed by atoms with Crippen molar-refractivity contribution in [1.82, 2.24) is 0 Å². The lowest BCUT2D eigenvalue weighted by Gasteiger charge is -2.34. The maximum Gasteiger partial charge on any atom is 0.152 e. The van der Waals surface area contributed by atoms with Gasteiger partial charge in [0.15, 0.2) is 6.10 Å². The van der Waals surface area contributed by atoms with Crippen LogP contribution in [0.25, 0.3) is 0 Å². The van der Waals surface area contributed by atoms with Crippen LogP contribution in [0.3, 0.4) is 0 Å². The Morgan fingerprint density at radius 1 is 0.850 bits per heavy atom. The molecule has 1 aliphatic rings. The van der Waals surface area contributed by atoms with Crippen LogP contribution < -0.4 is 4.74 Å². The van der Waals surface area contributed by atoms with Gasteiger partial charge in [0.1, 0.15) is 29.5 Å². The Labute approximate surface area is 115 Å². The van der Waals surface area contributed by atoms with Crippen molar-refractivity contribution < 1.29 is 25.2 Å². The summed E-state index contributed by atoms with van der Waals surface area (Å²) in [4.78, 5) is 0. The molecule has 5 heteroatoms. The van der Waals surface area contributed by atoms with E-state index in [1.54, 1.807) is 12.1 Å². The highest BCUT2D eigenvalue weighted by molar-refractivity contribution is 5.44. The summed E-state index contributed by atoms with van der Waals surface area (Å²) < 4.78 is 5.67. The predicted molar refractivity (Wildman–Crippen MR) is 70.5 cm³/mol. The van der Waals surface area contributed by atoms with Gasteiger partial charge in [-0.2, -0.15) is 0 Å². The number of benzene rings is 2. The van der Waals surface area contributed by atoms with E-state index in [-0.39, 0.29) is 11.5 Å². The number of hydrogen-bond acceptors (Lipinski definition) is 5. The van der Waals surface area contributed by atoms with E-state index in [1.165, 1.54) is 30.3 Å². The zero-order valence-electron chi connectivity index (χ0n) is 10.5. The molecule has 0 spiro atoms. The van der Waals surface area contributed by atoms with Crippen molar-refractivity contribution in [2.24, 2.45) is 0 Å². The number of fused-ring (bicyclic) bond motifs is 1. The molecule has 0 radical (unpaired) electrons. The van der Waals surface area contributed by atoms with Crippen LogP contribution in [-0.4, -0.2) is 26.5 Å². The number of aromatic hydroxyl groups is 2. The summed E-state index contributed by atoms with van der Waals surface area (Å²) in [6.07, 6.45) is -2.99. The third-order valence-corrected chi connectivity index (χ3v) is 3.43. The predicted octanol–water partition coefficient (Wildman–Crippen LogP) is 1.63. The lowest BCUT2D eigenvalue weighted by Crippen LogP contribution is -2.34. The Morgan fingerprint density at radius 2 is 1.50 bits per heavy atom. The van der Waals surface area contributed by atoms with Gasteiger partial charge in [0.25, 0.3) is 0 Å². The Morgan fingerprint density at radius 3 is 2.20 bits per heavy atom. The minimum Gasteiger partial charge on any atom is -0.508 e. The van der Waals surface area contributed by atoms with Gasteiger partial charge in [0, 0.05) is 11.6 Å². The molecular weight excluding hydrogens is 260 g/mol. The van der Waals surface area contributed by atoms with Crippen LogP contribution in [0.5, 0.6) is 17.2 Å². The lowest BCUT2D eigenvalue weighted by molar-refractivity contribution is -0.0700. The summed E-state index contributed by atoms with van der Waals surface area (Å²) in [6.45, 7) is 0. The molecule has 5 nitrogen and oxygen atoms in total. The lowest BCUT2D eigenvalue weighted by atomic mass is 9.92. The smallest absolute Gasteiger partial charge is 0.152 e. The zero-order valence-corrected chi connectivity index (χ0v) is 10.5. The SMILES string of the molecule is Oc1ccc([C@@H]2Oc3cc(O)ccc3[C@@H](O)[C@@H]2O)cc1. The minimum absolute atomic E-state index is 0.0248. The van der Waals surface area contributed by atoms with Crippen LogP contribution in [0.15, 0.2) is 42.5 Å². The second-order valence-electron chi connectivity index (χ2n) is 4.79. The normalized spacial score (nSPS) is 24.8. The quantitative estimate of drug-likeness (QED) is 0.634. The van der Waals surface area contributed by atoms with Gasteiger partial charge in [-0.1, -0.05) is 12.1 Å². The van der Waals surface area contributed by atoms with Crippen LogP contribution in [0.1, 0.15) is 23.3 Å². The summed E-state index contributed by atoms with van der Waals surface area (Å²) in [5.74, 6) is 0.468. The molecule has 4 N–H and O–H groups in total. The third-order valence-electron chi connectivity index (χ3n) is 3.43. The van der Waals surface area contributed by atoms with Crippen molar-refractivity contribution in [3.63, 3.8) is 0 Å². The summed E-state index contributed by atoms with van der Waals surface area (Å²) >= 11 is 0. The maximum absolute atomic E-state index is 10.2. The molecular formula is C15H14O5. The molecule has 2 aromatic carbocycles. The van der Waals surface area contributed by atoms with Gasteiger partial charge in [-0.05, 0) is 29.8 Å². The Balaban J connectivity index is 2.00. The molecule has 0 amide bonds. The van der Waals surface area contributed by atoms with Crippen molar-refractivity contribution >= 4 is 0 Å². The molecule has 20 heavy (non-hydrogen) atoms. The van der Waals surface area contributed by atoms with Crippen molar-refractivity contribution in [3.8, 4) is 17.2 Å². The van der Waals surface area contributed by atoms with Crippen molar-refractivity contribution in [2.45, 2.75) is 18.3 Å². The fourth-order valence-electron chi connectivity index (χ4n) is 2.35. The van der Waals surface area contributed by atoms with Gasteiger partial charge >= 0.3 is 0 Å². The average Bonchev–Trinajstić information content (AvgIpc) is 2.44. The minimum atomic E-state index is -1.13. The van der Waals surface area contributed by atoms with Crippen molar-refractivity contribution in [1.29, 1.82) is 0 Å². The second-order valence-corrected chi connectivity index (χ2v) is 4.79. The van der Waals surface area contributed by atoms with E-state index >= 15 is 0 Å². The number of aliphatic hydroxyl groups is 2. The van der Waals surface area contributed by atoms with Gasteiger partial charge in [-0.15, -0.1) is 0 Å². The van der Waals surface area contributed by atoms with Crippen molar-refractivity contribution in [3.05, 3.63) is 53.6 Å². The molecule has 2 aromatic rings. The Hall–Kier alpha value is -2.24. The maximum atomic E-state index is 10.2. The summed E-state index contributed by atoms with van der Waals surface area (Å²) in [6, 6.07) is 10.5. The largest absolute Gasteiger partial charge is 0.508 e. The first-order valence-electron chi connectivity index (χ1n) is 6.21. The van der Waals surface area contributed by atoms with E-state index < -0.39 is 18.3 Å². The molecule has 0 bridgehead atoms. The molecule has 0 saturated carbocycles. The van der Waals surface area contributed by atoms with Gasteiger partial charge in [0.2, 0.25) is 0 Å². The van der Waals surface area contributed by atoms with Gasteiger partial charge in [-0.25, -0.2) is 0 Å². The van der Waals surface area contributed by atoms with E-state index in [9.17, 15) is 20.4 Å². The molecule has 0 saturated heterocycles. The standard InChI is InChI=1S/C15H14O5/c16-9-3-1-8(2-4-9)15-14(19)13(18)11-6-5-10(17)7-12(11)20-15/h1-7,13-19H/t13-,14+,15+/m1/s1. The fraction of sp³-hybridized carbons (Fsp3) is 0.200. The van der Waals surface area contributed by atoms with E-state index in [0.29, 0.717) is 16.9 Å². The number of ether oxygens (including phenoxy) is 1. The molecule has 0 unspecified atom stereocenters. The van der Waals surface area contributed by atoms with Crippen LogP contribution in [0, 0.1) is 0 Å². The monoisotopic (exact) mass is 274 g/mol. The third kappa shape index (κ3) is 2.07. The summed E-state index contributed by atoms with van der Waals surface area (Å²) in [5.41, 5.74) is 1.06. The molecule has 3 atom stereocenters. The average molecular weight is 274 g/mol.